The molecule has 1 heterocycles. The second-order valence-corrected chi connectivity index (χ2v) is 6.31. The first-order chi connectivity index (χ1) is 8.67. The molecule has 1 rings (SSSR count). The predicted molar refractivity (Wildman–Crippen MR) is 80.0 cm³/mol. The lowest BCUT2D eigenvalue weighted by Crippen LogP contribution is -2.08. The van der Waals surface area contributed by atoms with Crippen LogP contribution in [0.15, 0.2) is 6.07 Å². The third-order valence-corrected chi connectivity index (χ3v) is 4.38. The van der Waals surface area contributed by atoms with Crippen molar-refractivity contribution in [1.82, 2.24) is 0 Å². The van der Waals surface area contributed by atoms with Gasteiger partial charge in [-0.2, -0.15) is 0 Å². The minimum Gasteiger partial charge on any atom is -0.374 e. The highest BCUT2D eigenvalue weighted by molar-refractivity contribution is 7.12. The number of hydrogen-bond acceptors (Lipinski definition) is 3. The molecule has 0 aliphatic rings. The zero-order chi connectivity index (χ0) is 13.4. The van der Waals surface area contributed by atoms with Crippen LogP contribution in [0.1, 0.15) is 61.3 Å². The minimum atomic E-state index is 0.363. The fourth-order valence-corrected chi connectivity index (χ4v) is 2.93. The van der Waals surface area contributed by atoms with Crippen molar-refractivity contribution in [2.24, 2.45) is 5.73 Å². The lowest BCUT2D eigenvalue weighted by Gasteiger charge is -2.12. The number of hydrogen-bond donors (Lipinski definition) is 1. The Bertz CT molecular complexity index is 335. The molecule has 0 spiro atoms. The van der Waals surface area contributed by atoms with Crippen molar-refractivity contribution < 1.29 is 4.74 Å². The van der Waals surface area contributed by atoms with E-state index in [0.717, 1.165) is 6.61 Å². The third kappa shape index (κ3) is 5.51. The van der Waals surface area contributed by atoms with E-state index in [1.165, 1.54) is 47.4 Å². The van der Waals surface area contributed by atoms with Crippen LogP contribution in [0.25, 0.3) is 0 Å². The van der Waals surface area contributed by atoms with E-state index in [0.29, 0.717) is 12.6 Å². The molecule has 1 atom stereocenters. The summed E-state index contributed by atoms with van der Waals surface area (Å²) in [7, 11) is 0. The molecular weight excluding hydrogens is 242 g/mol. The van der Waals surface area contributed by atoms with E-state index in [2.05, 4.69) is 26.8 Å². The highest BCUT2D eigenvalue weighted by Crippen LogP contribution is 2.22. The highest BCUT2D eigenvalue weighted by atomic mass is 32.1. The Balaban J connectivity index is 2.24. The van der Waals surface area contributed by atoms with Gasteiger partial charge in [0, 0.05) is 16.3 Å². The average molecular weight is 269 g/mol. The van der Waals surface area contributed by atoms with Crippen molar-refractivity contribution in [3.8, 4) is 0 Å². The first-order valence-electron chi connectivity index (χ1n) is 7.07. The van der Waals surface area contributed by atoms with Crippen molar-refractivity contribution in [3.63, 3.8) is 0 Å². The molecule has 1 aromatic rings. The molecule has 0 saturated heterocycles. The van der Waals surface area contributed by atoms with Gasteiger partial charge in [-0.15, -0.1) is 11.3 Å². The van der Waals surface area contributed by atoms with Gasteiger partial charge >= 0.3 is 0 Å². The van der Waals surface area contributed by atoms with Crippen molar-refractivity contribution in [2.45, 2.75) is 72.1 Å². The van der Waals surface area contributed by atoms with Gasteiger partial charge in [0.1, 0.15) is 0 Å². The van der Waals surface area contributed by atoms with Gasteiger partial charge in [-0.05, 0) is 31.9 Å². The smallest absolute Gasteiger partial charge is 0.0731 e. The number of unbranched alkanes of at least 4 members (excludes halogenated alkanes) is 3. The zero-order valence-corrected chi connectivity index (χ0v) is 12.8. The van der Waals surface area contributed by atoms with Crippen LogP contribution in [-0.4, -0.2) is 6.10 Å². The highest BCUT2D eigenvalue weighted by Gasteiger charge is 2.07. The van der Waals surface area contributed by atoms with Crippen molar-refractivity contribution in [2.75, 3.05) is 0 Å². The van der Waals surface area contributed by atoms with E-state index < -0.39 is 0 Å². The summed E-state index contributed by atoms with van der Waals surface area (Å²) in [5.41, 5.74) is 6.96. The molecule has 18 heavy (non-hydrogen) atoms. The van der Waals surface area contributed by atoms with Gasteiger partial charge in [-0.3, -0.25) is 0 Å². The second kappa shape index (κ2) is 8.68. The van der Waals surface area contributed by atoms with Crippen LogP contribution >= 0.6 is 11.3 Å². The Morgan fingerprint density at radius 3 is 2.72 bits per heavy atom. The van der Waals surface area contributed by atoms with Gasteiger partial charge < -0.3 is 10.5 Å². The SMILES string of the molecule is CCCCCCC(C)OCc1cc(CN)sc1C. The summed E-state index contributed by atoms with van der Waals surface area (Å²) >= 11 is 1.79. The Morgan fingerprint density at radius 1 is 1.33 bits per heavy atom. The normalized spacial score (nSPS) is 12.9. The summed E-state index contributed by atoms with van der Waals surface area (Å²) in [5.74, 6) is 0. The first kappa shape index (κ1) is 15.7. The molecule has 0 bridgehead atoms. The Hall–Kier alpha value is -0.380. The Morgan fingerprint density at radius 2 is 2.11 bits per heavy atom. The number of rotatable bonds is 9. The number of thiophene rings is 1. The molecular formula is C15H27NOS. The molecule has 0 radical (unpaired) electrons. The topological polar surface area (TPSA) is 35.2 Å². The molecule has 1 aromatic heterocycles. The molecule has 1 unspecified atom stereocenters. The maximum Gasteiger partial charge on any atom is 0.0731 e. The summed E-state index contributed by atoms with van der Waals surface area (Å²) < 4.78 is 5.91. The molecule has 0 aliphatic heterocycles. The fraction of sp³-hybridized carbons (Fsp3) is 0.733. The summed E-state index contributed by atoms with van der Waals surface area (Å²) in [4.78, 5) is 2.59. The van der Waals surface area contributed by atoms with Crippen LogP contribution in [0.4, 0.5) is 0 Å². The van der Waals surface area contributed by atoms with E-state index in [4.69, 9.17) is 10.5 Å². The van der Waals surface area contributed by atoms with Gasteiger partial charge in [0.15, 0.2) is 0 Å². The largest absolute Gasteiger partial charge is 0.374 e. The van der Waals surface area contributed by atoms with Crippen LogP contribution in [0.2, 0.25) is 0 Å². The van der Waals surface area contributed by atoms with E-state index in [1.54, 1.807) is 11.3 Å². The molecule has 2 N–H and O–H groups in total. The van der Waals surface area contributed by atoms with Gasteiger partial charge in [0.05, 0.1) is 12.7 Å². The number of aryl methyl sites for hydroxylation is 1. The predicted octanol–water partition coefficient (Wildman–Crippen LogP) is 4.39. The lowest BCUT2D eigenvalue weighted by atomic mass is 10.1. The second-order valence-electron chi connectivity index (χ2n) is 4.97. The summed E-state index contributed by atoms with van der Waals surface area (Å²) in [6.07, 6.45) is 6.79. The van der Waals surface area contributed by atoms with Gasteiger partial charge in [-0.25, -0.2) is 0 Å². The molecule has 0 aromatic carbocycles. The first-order valence-corrected chi connectivity index (χ1v) is 7.88. The Labute approximate surface area is 116 Å². The van der Waals surface area contributed by atoms with Crippen LogP contribution in [0.5, 0.6) is 0 Å². The van der Waals surface area contributed by atoms with E-state index in [-0.39, 0.29) is 0 Å². The summed E-state index contributed by atoms with van der Waals surface area (Å²) in [6, 6.07) is 2.18. The van der Waals surface area contributed by atoms with Gasteiger partial charge in [0.25, 0.3) is 0 Å². The minimum absolute atomic E-state index is 0.363. The maximum atomic E-state index is 5.91. The van der Waals surface area contributed by atoms with Crippen molar-refractivity contribution in [1.29, 1.82) is 0 Å². The monoisotopic (exact) mass is 269 g/mol. The average Bonchev–Trinajstić information content (AvgIpc) is 2.73. The van der Waals surface area contributed by atoms with Crippen molar-refractivity contribution in [3.05, 3.63) is 21.4 Å². The maximum absolute atomic E-state index is 5.91. The molecule has 0 saturated carbocycles. The van der Waals surface area contributed by atoms with E-state index in [9.17, 15) is 0 Å². The van der Waals surface area contributed by atoms with E-state index >= 15 is 0 Å². The molecule has 3 heteroatoms. The zero-order valence-electron chi connectivity index (χ0n) is 12.0. The molecule has 2 nitrogen and oxygen atoms in total. The number of ether oxygens (including phenoxy) is 1. The van der Waals surface area contributed by atoms with Crippen LogP contribution in [0.3, 0.4) is 0 Å². The third-order valence-electron chi connectivity index (χ3n) is 3.26. The van der Waals surface area contributed by atoms with Crippen LogP contribution in [-0.2, 0) is 17.9 Å². The van der Waals surface area contributed by atoms with Gasteiger partial charge in [0.2, 0.25) is 0 Å². The lowest BCUT2D eigenvalue weighted by molar-refractivity contribution is 0.0458. The fourth-order valence-electron chi connectivity index (χ4n) is 2.01. The van der Waals surface area contributed by atoms with Crippen LogP contribution < -0.4 is 5.73 Å². The molecule has 0 aliphatic carbocycles. The van der Waals surface area contributed by atoms with E-state index in [1.807, 2.05) is 0 Å². The number of nitrogens with two attached hydrogens (primary N) is 1. The van der Waals surface area contributed by atoms with Crippen LogP contribution in [0, 0.1) is 6.92 Å². The molecule has 104 valence electrons. The van der Waals surface area contributed by atoms with Crippen molar-refractivity contribution >= 4 is 11.3 Å². The van der Waals surface area contributed by atoms with Gasteiger partial charge in [-0.1, -0.05) is 32.6 Å². The molecule has 0 fully saturated rings. The quantitative estimate of drug-likeness (QED) is 0.675. The Kier molecular flexibility index (Phi) is 7.56. The summed E-state index contributed by atoms with van der Waals surface area (Å²) in [5, 5.41) is 0. The molecule has 0 amide bonds. The standard InChI is InChI=1S/C15H27NOS/c1-4-5-6-7-8-12(2)17-11-14-9-15(10-16)18-13(14)3/h9,12H,4-8,10-11,16H2,1-3H3. The summed E-state index contributed by atoms with van der Waals surface area (Å²) in [6.45, 7) is 7.94.